The van der Waals surface area contributed by atoms with E-state index in [9.17, 15) is 4.79 Å². The summed E-state index contributed by atoms with van der Waals surface area (Å²) in [7, 11) is 0. The number of thioether (sulfide) groups is 1. The fourth-order valence-corrected chi connectivity index (χ4v) is 2.05. The molecule has 0 saturated carbocycles. The van der Waals surface area contributed by atoms with E-state index in [0.29, 0.717) is 5.75 Å². The van der Waals surface area contributed by atoms with Crippen LogP contribution < -0.4 is 0 Å². The molecular formula is C15H14N2OS. The molecule has 0 amide bonds. The first-order valence-corrected chi connectivity index (χ1v) is 6.92. The minimum atomic E-state index is 0.122. The minimum absolute atomic E-state index is 0.122. The largest absolute Gasteiger partial charge is 0.288 e. The van der Waals surface area contributed by atoms with Crippen molar-refractivity contribution in [2.24, 2.45) is 10.2 Å². The first-order chi connectivity index (χ1) is 9.24. The number of azo groups is 1. The lowest BCUT2D eigenvalue weighted by atomic mass is 10.2. The Morgan fingerprint density at radius 1 is 1.00 bits per heavy atom. The third kappa shape index (κ3) is 4.67. The van der Waals surface area contributed by atoms with Crippen molar-refractivity contribution in [1.29, 1.82) is 0 Å². The van der Waals surface area contributed by atoms with E-state index in [-0.39, 0.29) is 5.12 Å². The second-order valence-electron chi connectivity index (χ2n) is 3.99. The van der Waals surface area contributed by atoms with Crippen LogP contribution in [-0.4, -0.2) is 5.12 Å². The normalized spacial score (nSPS) is 10.8. The van der Waals surface area contributed by atoms with Crippen LogP contribution in [0.15, 0.2) is 64.8 Å². The zero-order chi connectivity index (χ0) is 13.5. The van der Waals surface area contributed by atoms with E-state index in [1.54, 1.807) is 6.92 Å². The summed E-state index contributed by atoms with van der Waals surface area (Å²) in [6.07, 6.45) is 0. The molecule has 0 heterocycles. The summed E-state index contributed by atoms with van der Waals surface area (Å²) < 4.78 is 0. The molecular weight excluding hydrogens is 256 g/mol. The summed E-state index contributed by atoms with van der Waals surface area (Å²) >= 11 is 1.30. The average molecular weight is 270 g/mol. The van der Waals surface area contributed by atoms with Crippen molar-refractivity contribution in [2.75, 3.05) is 0 Å². The van der Waals surface area contributed by atoms with Crippen molar-refractivity contribution < 1.29 is 4.79 Å². The highest BCUT2D eigenvalue weighted by Crippen LogP contribution is 2.21. The molecule has 0 N–H and O–H groups in total. The minimum Gasteiger partial charge on any atom is -0.288 e. The van der Waals surface area contributed by atoms with Crippen molar-refractivity contribution in [2.45, 2.75) is 12.7 Å². The van der Waals surface area contributed by atoms with Crippen molar-refractivity contribution >= 4 is 28.3 Å². The predicted octanol–water partition coefficient (Wildman–Crippen LogP) is 4.88. The molecule has 2 aromatic rings. The van der Waals surface area contributed by atoms with Gasteiger partial charge in [-0.3, -0.25) is 4.79 Å². The third-order valence-corrected chi connectivity index (χ3v) is 3.27. The van der Waals surface area contributed by atoms with Gasteiger partial charge in [-0.05, 0) is 29.8 Å². The monoisotopic (exact) mass is 270 g/mol. The van der Waals surface area contributed by atoms with E-state index in [0.717, 1.165) is 16.9 Å². The summed E-state index contributed by atoms with van der Waals surface area (Å²) in [6, 6.07) is 17.3. The topological polar surface area (TPSA) is 41.8 Å². The fraction of sp³-hybridized carbons (Fsp3) is 0.133. The summed E-state index contributed by atoms with van der Waals surface area (Å²) in [5.74, 6) is 0.671. The highest BCUT2D eigenvalue weighted by atomic mass is 32.2. The van der Waals surface area contributed by atoms with Crippen LogP contribution in [0.5, 0.6) is 0 Å². The van der Waals surface area contributed by atoms with Gasteiger partial charge in [-0.2, -0.15) is 10.2 Å². The molecule has 19 heavy (non-hydrogen) atoms. The van der Waals surface area contributed by atoms with Gasteiger partial charge in [-0.15, -0.1) is 0 Å². The van der Waals surface area contributed by atoms with Gasteiger partial charge in [-0.25, -0.2) is 0 Å². The molecule has 0 spiro atoms. The van der Waals surface area contributed by atoms with Crippen LogP contribution in [0, 0.1) is 0 Å². The van der Waals surface area contributed by atoms with Gasteiger partial charge in [0.2, 0.25) is 0 Å². The SMILES string of the molecule is CC(=O)SCc1cccc(/N=N/c2ccccc2)c1. The van der Waals surface area contributed by atoms with Gasteiger partial charge in [0.05, 0.1) is 11.4 Å². The van der Waals surface area contributed by atoms with Gasteiger partial charge in [0.15, 0.2) is 5.12 Å². The van der Waals surface area contributed by atoms with E-state index >= 15 is 0 Å². The Bertz CT molecular complexity index is 582. The number of rotatable bonds is 4. The maximum absolute atomic E-state index is 10.9. The molecule has 0 aliphatic carbocycles. The maximum atomic E-state index is 10.9. The van der Waals surface area contributed by atoms with Gasteiger partial charge in [-0.1, -0.05) is 42.1 Å². The van der Waals surface area contributed by atoms with Crippen molar-refractivity contribution in [3.8, 4) is 0 Å². The molecule has 0 saturated heterocycles. The first-order valence-electron chi connectivity index (χ1n) is 5.93. The van der Waals surface area contributed by atoms with Crippen LogP contribution in [0.1, 0.15) is 12.5 Å². The predicted molar refractivity (Wildman–Crippen MR) is 79.0 cm³/mol. The molecule has 0 aromatic heterocycles. The molecule has 0 atom stereocenters. The van der Waals surface area contributed by atoms with E-state index < -0.39 is 0 Å². The molecule has 2 aromatic carbocycles. The first kappa shape index (κ1) is 13.5. The maximum Gasteiger partial charge on any atom is 0.186 e. The van der Waals surface area contributed by atoms with Gasteiger partial charge in [0.25, 0.3) is 0 Å². The summed E-state index contributed by atoms with van der Waals surface area (Å²) in [4.78, 5) is 10.9. The molecule has 0 bridgehead atoms. The molecule has 0 aliphatic rings. The molecule has 3 nitrogen and oxygen atoms in total. The smallest absolute Gasteiger partial charge is 0.186 e. The highest BCUT2D eigenvalue weighted by molar-refractivity contribution is 8.12. The second-order valence-corrected chi connectivity index (χ2v) is 5.14. The molecule has 0 unspecified atom stereocenters. The lowest BCUT2D eigenvalue weighted by Crippen LogP contribution is -1.84. The molecule has 0 aliphatic heterocycles. The Morgan fingerprint density at radius 2 is 1.68 bits per heavy atom. The van der Waals surface area contributed by atoms with E-state index in [1.807, 2.05) is 54.6 Å². The zero-order valence-electron chi connectivity index (χ0n) is 10.6. The van der Waals surface area contributed by atoms with Gasteiger partial charge in [0, 0.05) is 12.7 Å². The van der Waals surface area contributed by atoms with Crippen molar-refractivity contribution in [3.05, 3.63) is 60.2 Å². The number of benzene rings is 2. The molecule has 4 heteroatoms. The Labute approximate surface area is 116 Å². The number of hydrogen-bond acceptors (Lipinski definition) is 4. The quantitative estimate of drug-likeness (QED) is 0.743. The lowest BCUT2D eigenvalue weighted by Gasteiger charge is -1.99. The summed E-state index contributed by atoms with van der Waals surface area (Å²) in [5.41, 5.74) is 2.70. The van der Waals surface area contributed by atoms with Crippen LogP contribution >= 0.6 is 11.8 Å². The average Bonchev–Trinajstić information content (AvgIpc) is 2.44. The van der Waals surface area contributed by atoms with Crippen LogP contribution in [0.2, 0.25) is 0 Å². The van der Waals surface area contributed by atoms with Crippen molar-refractivity contribution in [3.63, 3.8) is 0 Å². The number of nitrogens with zero attached hydrogens (tertiary/aromatic N) is 2. The Morgan fingerprint density at radius 3 is 2.42 bits per heavy atom. The van der Waals surface area contributed by atoms with E-state index in [4.69, 9.17) is 0 Å². The molecule has 0 radical (unpaired) electrons. The Hall–Kier alpha value is -1.94. The standard InChI is InChI=1S/C15H14N2OS/c1-12(18)19-11-13-6-5-9-15(10-13)17-16-14-7-3-2-4-8-14/h2-10H,11H2,1H3/b17-16+. The van der Waals surface area contributed by atoms with E-state index in [2.05, 4.69) is 10.2 Å². The van der Waals surface area contributed by atoms with Gasteiger partial charge in [0.1, 0.15) is 0 Å². The second kappa shape index (κ2) is 6.85. The number of carbonyl (C=O) groups excluding carboxylic acids is 1. The molecule has 2 rings (SSSR count). The van der Waals surface area contributed by atoms with Crippen LogP contribution in [-0.2, 0) is 10.5 Å². The lowest BCUT2D eigenvalue weighted by molar-refractivity contribution is -0.109. The molecule has 0 fully saturated rings. The Kier molecular flexibility index (Phi) is 4.86. The zero-order valence-corrected chi connectivity index (χ0v) is 11.4. The third-order valence-electron chi connectivity index (χ3n) is 2.39. The van der Waals surface area contributed by atoms with Gasteiger partial charge >= 0.3 is 0 Å². The summed E-state index contributed by atoms with van der Waals surface area (Å²) in [6.45, 7) is 1.57. The summed E-state index contributed by atoms with van der Waals surface area (Å²) in [5, 5.41) is 8.48. The molecule has 96 valence electrons. The number of carbonyl (C=O) groups is 1. The number of hydrogen-bond donors (Lipinski definition) is 0. The highest BCUT2D eigenvalue weighted by Gasteiger charge is 1.98. The fourth-order valence-electron chi connectivity index (χ4n) is 1.50. The van der Waals surface area contributed by atoms with Crippen LogP contribution in [0.25, 0.3) is 0 Å². The van der Waals surface area contributed by atoms with Gasteiger partial charge < -0.3 is 0 Å². The van der Waals surface area contributed by atoms with Crippen LogP contribution in [0.4, 0.5) is 11.4 Å². The van der Waals surface area contributed by atoms with Crippen LogP contribution in [0.3, 0.4) is 0 Å². The Balaban J connectivity index is 2.06. The van der Waals surface area contributed by atoms with Crippen molar-refractivity contribution in [1.82, 2.24) is 0 Å². The van der Waals surface area contributed by atoms with E-state index in [1.165, 1.54) is 11.8 Å².